The largest absolute Gasteiger partial charge is 0.493 e. The van der Waals surface area contributed by atoms with Gasteiger partial charge in [0.25, 0.3) is 5.91 Å². The third-order valence-corrected chi connectivity index (χ3v) is 7.01. The van der Waals surface area contributed by atoms with Crippen LogP contribution in [0.25, 0.3) is 21.9 Å². The number of hydrogen-bond donors (Lipinski definition) is 0. The van der Waals surface area contributed by atoms with Crippen molar-refractivity contribution >= 4 is 22.6 Å². The number of hydrogen-bond acceptors (Lipinski definition) is 9. The summed E-state index contributed by atoms with van der Waals surface area (Å²) in [4.78, 5) is 31.4. The summed E-state index contributed by atoms with van der Waals surface area (Å²) in [7, 11) is 10.9. The molecule has 3 aromatic rings. The molecule has 1 aliphatic rings. The van der Waals surface area contributed by atoms with Crippen molar-refractivity contribution in [3.8, 4) is 39.9 Å². The molecule has 0 radical (unpaired) electrons. The first-order valence-corrected chi connectivity index (χ1v) is 12.4. The monoisotopic (exact) mass is 538 g/mol. The van der Waals surface area contributed by atoms with Gasteiger partial charge >= 0.3 is 5.97 Å². The van der Waals surface area contributed by atoms with Crippen LogP contribution in [-0.4, -0.2) is 97.6 Å². The van der Waals surface area contributed by atoms with E-state index < -0.39 is 5.97 Å². The molecule has 0 aliphatic carbocycles. The molecule has 1 heterocycles. The van der Waals surface area contributed by atoms with Gasteiger partial charge in [-0.05, 0) is 53.7 Å². The van der Waals surface area contributed by atoms with E-state index in [0.717, 1.165) is 13.1 Å². The second-order valence-electron chi connectivity index (χ2n) is 9.10. The van der Waals surface area contributed by atoms with E-state index in [-0.39, 0.29) is 17.0 Å². The minimum Gasteiger partial charge on any atom is -0.493 e. The molecule has 10 heteroatoms. The van der Waals surface area contributed by atoms with Gasteiger partial charge in [0.05, 0.1) is 53.8 Å². The summed E-state index contributed by atoms with van der Waals surface area (Å²) in [5.41, 5.74) is 1.40. The van der Waals surface area contributed by atoms with Gasteiger partial charge in [-0.3, -0.25) is 4.79 Å². The number of likely N-dealkylation sites (N-methyl/N-ethyl adjacent to an activating group) is 1. The van der Waals surface area contributed by atoms with Gasteiger partial charge in [0.2, 0.25) is 5.75 Å². The molecule has 208 valence electrons. The molecule has 10 nitrogen and oxygen atoms in total. The van der Waals surface area contributed by atoms with Crippen LogP contribution >= 0.6 is 0 Å². The molecule has 39 heavy (non-hydrogen) atoms. The van der Waals surface area contributed by atoms with Gasteiger partial charge in [-0.25, -0.2) is 4.79 Å². The van der Waals surface area contributed by atoms with Crippen molar-refractivity contribution in [2.24, 2.45) is 0 Å². The zero-order valence-electron chi connectivity index (χ0n) is 23.4. The van der Waals surface area contributed by atoms with E-state index in [4.69, 9.17) is 28.4 Å². The number of rotatable bonds is 8. The molecule has 3 aromatic carbocycles. The average Bonchev–Trinajstić information content (AvgIpc) is 2.97. The Labute approximate surface area is 227 Å². The first-order chi connectivity index (χ1) is 18.8. The Morgan fingerprint density at radius 1 is 0.692 bits per heavy atom. The molecular formula is C29H34N2O8. The standard InChI is InChI=1S/C29H34N2O8/c1-30-8-10-31(11-9-30)28(32)20-12-17-13-21(34-2)22(35-3)16-19(17)25(26(20)29(33)39-7)18-14-23(36-4)27(38-6)24(15-18)37-5/h12-16H,8-11H2,1-7H3. The van der Waals surface area contributed by atoms with Crippen LogP contribution in [0, 0.1) is 0 Å². The molecule has 1 amide bonds. The van der Waals surface area contributed by atoms with E-state index in [1.807, 2.05) is 7.05 Å². The zero-order valence-corrected chi connectivity index (χ0v) is 23.4. The molecule has 0 bridgehead atoms. The Bertz CT molecular complexity index is 1370. The Kier molecular flexibility index (Phi) is 8.35. The fourth-order valence-corrected chi connectivity index (χ4v) is 4.92. The van der Waals surface area contributed by atoms with Crippen LogP contribution in [0.2, 0.25) is 0 Å². The van der Waals surface area contributed by atoms with Crippen molar-refractivity contribution < 1.29 is 38.0 Å². The van der Waals surface area contributed by atoms with Gasteiger partial charge < -0.3 is 38.2 Å². The highest BCUT2D eigenvalue weighted by Crippen LogP contribution is 2.46. The molecular weight excluding hydrogens is 504 g/mol. The fourth-order valence-electron chi connectivity index (χ4n) is 4.92. The van der Waals surface area contributed by atoms with Gasteiger partial charge in [0.1, 0.15) is 0 Å². The number of nitrogens with zero attached hydrogens (tertiary/aromatic N) is 2. The highest BCUT2D eigenvalue weighted by molar-refractivity contribution is 6.17. The summed E-state index contributed by atoms with van der Waals surface area (Å²) in [6.45, 7) is 2.55. The molecule has 0 saturated carbocycles. The first kappa shape index (κ1) is 27.8. The van der Waals surface area contributed by atoms with Crippen molar-refractivity contribution in [3.05, 3.63) is 41.5 Å². The number of piperazine rings is 1. The molecule has 0 aromatic heterocycles. The van der Waals surface area contributed by atoms with Crippen LogP contribution in [0.15, 0.2) is 30.3 Å². The second-order valence-corrected chi connectivity index (χ2v) is 9.10. The second kappa shape index (κ2) is 11.7. The normalized spacial score (nSPS) is 13.7. The number of carbonyl (C=O) groups is 2. The maximum atomic E-state index is 14.0. The van der Waals surface area contributed by atoms with Crippen LogP contribution in [0.5, 0.6) is 28.7 Å². The van der Waals surface area contributed by atoms with E-state index >= 15 is 0 Å². The zero-order chi connectivity index (χ0) is 28.3. The maximum absolute atomic E-state index is 14.0. The van der Waals surface area contributed by atoms with Gasteiger partial charge in [0, 0.05) is 31.7 Å². The number of benzene rings is 3. The lowest BCUT2D eigenvalue weighted by atomic mass is 9.88. The minimum absolute atomic E-state index is 0.135. The summed E-state index contributed by atoms with van der Waals surface area (Å²) < 4.78 is 33.1. The summed E-state index contributed by atoms with van der Waals surface area (Å²) >= 11 is 0. The van der Waals surface area contributed by atoms with E-state index in [9.17, 15) is 9.59 Å². The van der Waals surface area contributed by atoms with Crippen molar-refractivity contribution in [2.45, 2.75) is 0 Å². The Balaban J connectivity index is 2.12. The van der Waals surface area contributed by atoms with E-state index in [1.165, 1.54) is 35.5 Å². The predicted octanol–water partition coefficient (Wildman–Crippen LogP) is 3.72. The third-order valence-electron chi connectivity index (χ3n) is 7.01. The molecule has 4 rings (SSSR count). The number of fused-ring (bicyclic) bond motifs is 1. The lowest BCUT2D eigenvalue weighted by molar-refractivity contribution is 0.0581. The minimum atomic E-state index is -0.645. The lowest BCUT2D eigenvalue weighted by Crippen LogP contribution is -2.47. The highest BCUT2D eigenvalue weighted by Gasteiger charge is 2.31. The van der Waals surface area contributed by atoms with E-state index in [0.29, 0.717) is 63.7 Å². The van der Waals surface area contributed by atoms with Crippen LogP contribution in [-0.2, 0) is 4.74 Å². The third kappa shape index (κ3) is 5.12. The summed E-state index contributed by atoms with van der Waals surface area (Å²) in [6, 6.07) is 8.76. The maximum Gasteiger partial charge on any atom is 0.339 e. The Morgan fingerprint density at radius 3 is 1.77 bits per heavy atom. The summed E-state index contributed by atoms with van der Waals surface area (Å²) in [5, 5.41) is 1.33. The Hall–Kier alpha value is -4.18. The number of amides is 1. The first-order valence-electron chi connectivity index (χ1n) is 12.4. The molecule has 0 unspecified atom stereocenters. The highest BCUT2D eigenvalue weighted by atomic mass is 16.5. The number of ether oxygens (including phenoxy) is 6. The molecule has 1 saturated heterocycles. The predicted molar refractivity (Wildman–Crippen MR) is 147 cm³/mol. The van der Waals surface area contributed by atoms with Crippen LogP contribution < -0.4 is 23.7 Å². The lowest BCUT2D eigenvalue weighted by Gasteiger charge is -2.33. The Morgan fingerprint density at radius 2 is 1.26 bits per heavy atom. The molecule has 0 atom stereocenters. The van der Waals surface area contributed by atoms with Crippen molar-refractivity contribution in [3.63, 3.8) is 0 Å². The van der Waals surface area contributed by atoms with Gasteiger partial charge in [-0.2, -0.15) is 0 Å². The van der Waals surface area contributed by atoms with Gasteiger partial charge in [0.15, 0.2) is 23.0 Å². The van der Waals surface area contributed by atoms with Crippen LogP contribution in [0.4, 0.5) is 0 Å². The fraction of sp³-hybridized carbons (Fsp3) is 0.379. The average molecular weight is 539 g/mol. The topological polar surface area (TPSA) is 96.0 Å². The van der Waals surface area contributed by atoms with Crippen LogP contribution in [0.3, 0.4) is 0 Å². The van der Waals surface area contributed by atoms with Crippen molar-refractivity contribution in [1.82, 2.24) is 9.80 Å². The van der Waals surface area contributed by atoms with E-state index in [1.54, 1.807) is 42.3 Å². The molecule has 0 spiro atoms. The molecule has 0 N–H and O–H groups in total. The summed E-state index contributed by atoms with van der Waals surface area (Å²) in [6.07, 6.45) is 0. The van der Waals surface area contributed by atoms with E-state index in [2.05, 4.69) is 4.90 Å². The van der Waals surface area contributed by atoms with Crippen molar-refractivity contribution in [1.29, 1.82) is 0 Å². The molecule has 1 aliphatic heterocycles. The van der Waals surface area contributed by atoms with Gasteiger partial charge in [-0.1, -0.05) is 0 Å². The molecule has 1 fully saturated rings. The quantitative estimate of drug-likeness (QED) is 0.398. The smallest absolute Gasteiger partial charge is 0.339 e. The summed E-state index contributed by atoms with van der Waals surface area (Å²) in [5.74, 6) is 1.25. The van der Waals surface area contributed by atoms with Crippen molar-refractivity contribution in [2.75, 3.05) is 75.9 Å². The number of esters is 1. The van der Waals surface area contributed by atoms with Gasteiger partial charge in [-0.15, -0.1) is 0 Å². The SMILES string of the molecule is COC(=O)c1c(C(=O)N2CCN(C)CC2)cc2cc(OC)c(OC)cc2c1-c1cc(OC)c(OC)c(OC)c1. The number of methoxy groups -OCH3 is 6. The number of carbonyl (C=O) groups excluding carboxylic acids is 2. The van der Waals surface area contributed by atoms with Crippen LogP contribution in [0.1, 0.15) is 20.7 Å².